The number of halogens is 1. The van der Waals surface area contributed by atoms with E-state index in [4.69, 9.17) is 0 Å². The first-order valence-corrected chi connectivity index (χ1v) is 8.02. The Morgan fingerprint density at radius 1 is 0.926 bits per heavy atom. The van der Waals surface area contributed by atoms with Gasteiger partial charge in [-0.3, -0.25) is 9.78 Å². The molecule has 2 N–H and O–H groups in total. The fraction of sp³-hybridized carbons (Fsp3) is 0.0500. The lowest BCUT2D eigenvalue weighted by Gasteiger charge is -2.09. The molecule has 1 amide bonds. The summed E-state index contributed by atoms with van der Waals surface area (Å²) in [5.41, 5.74) is 2.41. The molecule has 0 atom stereocenters. The minimum absolute atomic E-state index is 0.315. The normalized spacial score (nSPS) is 10.1. The molecule has 0 aliphatic carbocycles. The zero-order valence-corrected chi connectivity index (χ0v) is 14.4. The van der Waals surface area contributed by atoms with Crippen LogP contribution in [0, 0.1) is 5.82 Å². The molecular formula is C20H16FN3O3. The number of benzene rings is 2. The maximum absolute atomic E-state index is 13.2. The molecule has 0 aliphatic rings. The van der Waals surface area contributed by atoms with E-state index in [1.165, 1.54) is 31.5 Å². The minimum Gasteiger partial charge on any atom is -0.465 e. The van der Waals surface area contributed by atoms with Crippen molar-refractivity contribution in [3.05, 3.63) is 83.9 Å². The van der Waals surface area contributed by atoms with Crippen molar-refractivity contribution in [1.29, 1.82) is 0 Å². The molecule has 0 saturated carbocycles. The lowest BCUT2D eigenvalue weighted by molar-refractivity contribution is 0.0600. The molecule has 1 heterocycles. The van der Waals surface area contributed by atoms with Gasteiger partial charge in [0.25, 0.3) is 5.91 Å². The number of carbonyl (C=O) groups excluding carboxylic acids is 2. The van der Waals surface area contributed by atoms with Crippen molar-refractivity contribution < 1.29 is 18.7 Å². The molecule has 0 saturated heterocycles. The predicted octanol–water partition coefficient (Wildman–Crippen LogP) is 4.00. The number of hydrogen-bond acceptors (Lipinski definition) is 5. The van der Waals surface area contributed by atoms with Gasteiger partial charge >= 0.3 is 5.97 Å². The van der Waals surface area contributed by atoms with Crippen LogP contribution in [-0.2, 0) is 4.74 Å². The third-order valence-corrected chi connectivity index (χ3v) is 3.68. The molecule has 0 fully saturated rings. The molecule has 2 aromatic carbocycles. The number of esters is 1. The van der Waals surface area contributed by atoms with Crippen molar-refractivity contribution in [2.75, 3.05) is 17.7 Å². The molecular weight excluding hydrogens is 349 g/mol. The number of methoxy groups -OCH3 is 1. The Balaban J connectivity index is 1.71. The van der Waals surface area contributed by atoms with Gasteiger partial charge in [-0.2, -0.15) is 0 Å². The molecule has 7 heteroatoms. The van der Waals surface area contributed by atoms with Crippen LogP contribution in [0.25, 0.3) is 0 Å². The molecule has 0 radical (unpaired) electrons. The summed E-state index contributed by atoms with van der Waals surface area (Å²) in [4.78, 5) is 27.8. The Hall–Kier alpha value is -3.74. The van der Waals surface area contributed by atoms with Gasteiger partial charge in [0.15, 0.2) is 0 Å². The zero-order chi connectivity index (χ0) is 19.2. The van der Waals surface area contributed by atoms with Crippen molar-refractivity contribution in [1.82, 2.24) is 4.98 Å². The zero-order valence-electron chi connectivity index (χ0n) is 14.4. The van der Waals surface area contributed by atoms with E-state index < -0.39 is 17.7 Å². The number of aromatic nitrogens is 1. The maximum atomic E-state index is 13.2. The standard InChI is InChI=1S/C20H16FN3O3/c1-27-20(26)13-5-7-16(8-6-13)23-18-9-14(11-22-12-18)19(25)24-17-4-2-3-15(21)10-17/h2-12,23H,1H3,(H,24,25). The lowest BCUT2D eigenvalue weighted by Crippen LogP contribution is -2.12. The number of amides is 1. The van der Waals surface area contributed by atoms with Gasteiger partial charge < -0.3 is 15.4 Å². The summed E-state index contributed by atoms with van der Waals surface area (Å²) in [7, 11) is 1.32. The molecule has 136 valence electrons. The Labute approximate surface area is 155 Å². The Bertz CT molecular complexity index is 974. The highest BCUT2D eigenvalue weighted by atomic mass is 19.1. The first-order chi connectivity index (χ1) is 13.0. The lowest BCUT2D eigenvalue weighted by atomic mass is 10.2. The molecule has 27 heavy (non-hydrogen) atoms. The molecule has 1 aromatic heterocycles. The Morgan fingerprint density at radius 3 is 2.41 bits per heavy atom. The van der Waals surface area contributed by atoms with Gasteiger partial charge in [-0.15, -0.1) is 0 Å². The highest BCUT2D eigenvalue weighted by molar-refractivity contribution is 6.04. The Morgan fingerprint density at radius 2 is 1.70 bits per heavy atom. The SMILES string of the molecule is COC(=O)c1ccc(Nc2cncc(C(=O)Nc3cccc(F)c3)c2)cc1. The first-order valence-electron chi connectivity index (χ1n) is 8.02. The van der Waals surface area contributed by atoms with E-state index in [1.54, 1.807) is 42.6 Å². The largest absolute Gasteiger partial charge is 0.465 e. The summed E-state index contributed by atoms with van der Waals surface area (Å²) >= 11 is 0. The van der Waals surface area contributed by atoms with Gasteiger partial charge in [0.05, 0.1) is 30.1 Å². The second-order valence-corrected chi connectivity index (χ2v) is 5.62. The van der Waals surface area contributed by atoms with Gasteiger partial charge in [0, 0.05) is 17.6 Å². The van der Waals surface area contributed by atoms with Crippen LogP contribution in [0.4, 0.5) is 21.5 Å². The highest BCUT2D eigenvalue weighted by Crippen LogP contribution is 2.19. The van der Waals surface area contributed by atoms with Crippen molar-refractivity contribution in [3.8, 4) is 0 Å². The third kappa shape index (κ3) is 4.66. The van der Waals surface area contributed by atoms with Crippen molar-refractivity contribution in [2.45, 2.75) is 0 Å². The summed E-state index contributed by atoms with van der Waals surface area (Å²) in [5, 5.41) is 5.72. The van der Waals surface area contributed by atoms with Crippen LogP contribution in [0.3, 0.4) is 0 Å². The number of nitrogens with one attached hydrogen (secondary N) is 2. The molecule has 3 aromatic rings. The Kier molecular flexibility index (Phi) is 5.41. The van der Waals surface area contributed by atoms with Crippen LogP contribution in [0.5, 0.6) is 0 Å². The van der Waals surface area contributed by atoms with E-state index >= 15 is 0 Å². The quantitative estimate of drug-likeness (QED) is 0.668. The molecule has 0 aliphatic heterocycles. The first kappa shape index (κ1) is 18.1. The number of ether oxygens (including phenoxy) is 1. The molecule has 6 nitrogen and oxygen atoms in total. The number of hydrogen-bond donors (Lipinski definition) is 2. The van der Waals surface area contributed by atoms with Gasteiger partial charge in [-0.25, -0.2) is 9.18 Å². The van der Waals surface area contributed by atoms with Gasteiger partial charge in [-0.1, -0.05) is 6.07 Å². The number of carbonyl (C=O) groups is 2. The molecule has 0 bridgehead atoms. The van der Waals surface area contributed by atoms with Crippen LogP contribution in [0.1, 0.15) is 20.7 Å². The summed E-state index contributed by atoms with van der Waals surface area (Å²) in [6.45, 7) is 0. The van der Waals surface area contributed by atoms with E-state index in [-0.39, 0.29) is 0 Å². The second-order valence-electron chi connectivity index (χ2n) is 5.62. The number of rotatable bonds is 5. The minimum atomic E-state index is -0.434. The molecule has 0 unspecified atom stereocenters. The summed E-state index contributed by atoms with van der Waals surface area (Å²) in [6, 6.07) is 13.9. The van der Waals surface area contributed by atoms with Crippen molar-refractivity contribution in [2.24, 2.45) is 0 Å². The average Bonchev–Trinajstić information content (AvgIpc) is 2.68. The van der Waals surface area contributed by atoms with E-state index in [0.29, 0.717) is 28.2 Å². The monoisotopic (exact) mass is 365 g/mol. The van der Waals surface area contributed by atoms with Crippen LogP contribution in [-0.4, -0.2) is 24.0 Å². The maximum Gasteiger partial charge on any atom is 0.337 e. The number of anilines is 3. The number of nitrogens with zero attached hydrogens (tertiary/aromatic N) is 1. The van der Waals surface area contributed by atoms with E-state index in [0.717, 1.165) is 0 Å². The predicted molar refractivity (Wildman–Crippen MR) is 99.7 cm³/mol. The van der Waals surface area contributed by atoms with Crippen molar-refractivity contribution >= 4 is 28.9 Å². The van der Waals surface area contributed by atoms with Crippen LogP contribution >= 0.6 is 0 Å². The van der Waals surface area contributed by atoms with E-state index in [2.05, 4.69) is 20.4 Å². The second kappa shape index (κ2) is 8.09. The number of pyridine rings is 1. The smallest absolute Gasteiger partial charge is 0.337 e. The van der Waals surface area contributed by atoms with Crippen LogP contribution in [0.15, 0.2) is 67.0 Å². The highest BCUT2D eigenvalue weighted by Gasteiger charge is 2.09. The average molecular weight is 365 g/mol. The van der Waals surface area contributed by atoms with Crippen LogP contribution < -0.4 is 10.6 Å². The summed E-state index contributed by atoms with van der Waals surface area (Å²) in [6.07, 6.45) is 2.98. The van der Waals surface area contributed by atoms with E-state index in [9.17, 15) is 14.0 Å². The fourth-order valence-electron chi connectivity index (χ4n) is 2.38. The summed E-state index contributed by atoms with van der Waals surface area (Å²) < 4.78 is 17.9. The summed E-state index contributed by atoms with van der Waals surface area (Å²) in [5.74, 6) is -1.26. The van der Waals surface area contributed by atoms with E-state index in [1.807, 2.05) is 0 Å². The third-order valence-electron chi connectivity index (χ3n) is 3.68. The molecule has 0 spiro atoms. The van der Waals surface area contributed by atoms with Gasteiger partial charge in [-0.05, 0) is 48.5 Å². The van der Waals surface area contributed by atoms with Gasteiger partial charge in [0.2, 0.25) is 0 Å². The van der Waals surface area contributed by atoms with Gasteiger partial charge in [0.1, 0.15) is 5.82 Å². The molecule has 3 rings (SSSR count). The van der Waals surface area contributed by atoms with Crippen molar-refractivity contribution in [3.63, 3.8) is 0 Å². The van der Waals surface area contributed by atoms with Crippen LogP contribution in [0.2, 0.25) is 0 Å². The topological polar surface area (TPSA) is 80.3 Å². The fourth-order valence-corrected chi connectivity index (χ4v) is 2.38.